The van der Waals surface area contributed by atoms with E-state index in [1.807, 2.05) is 12.1 Å². The number of rotatable bonds is 5. The van der Waals surface area contributed by atoms with Crippen LogP contribution in [-0.4, -0.2) is 19.0 Å². The molecule has 146 valence electrons. The van der Waals surface area contributed by atoms with Gasteiger partial charge in [0.15, 0.2) is 0 Å². The van der Waals surface area contributed by atoms with Gasteiger partial charge in [-0.3, -0.25) is 4.79 Å². The van der Waals surface area contributed by atoms with E-state index in [0.29, 0.717) is 11.3 Å². The highest BCUT2D eigenvalue weighted by atomic mass is 32.1. The van der Waals surface area contributed by atoms with E-state index in [9.17, 15) is 4.79 Å². The van der Waals surface area contributed by atoms with Crippen molar-refractivity contribution in [3.63, 3.8) is 0 Å². The summed E-state index contributed by atoms with van der Waals surface area (Å²) in [4.78, 5) is 16.5. The third-order valence-corrected chi connectivity index (χ3v) is 6.93. The largest absolute Gasteiger partial charge is 0.372 e. The topological polar surface area (TPSA) is 32.3 Å². The minimum absolute atomic E-state index is 0.0253. The minimum Gasteiger partial charge on any atom is -0.372 e. The van der Waals surface area contributed by atoms with Crippen LogP contribution in [0.25, 0.3) is 0 Å². The summed E-state index contributed by atoms with van der Waals surface area (Å²) in [5.41, 5.74) is 4.53. The van der Waals surface area contributed by atoms with E-state index in [1.165, 1.54) is 22.5 Å². The first-order valence-corrected chi connectivity index (χ1v) is 11.0. The average molecular weight is 385 g/mol. The summed E-state index contributed by atoms with van der Waals surface area (Å²) < 4.78 is 0. The van der Waals surface area contributed by atoms with Crippen LogP contribution in [0.5, 0.6) is 0 Å². The van der Waals surface area contributed by atoms with Crippen LogP contribution in [0.1, 0.15) is 61.8 Å². The lowest BCUT2D eigenvalue weighted by atomic mass is 9.72. The predicted octanol–water partition coefficient (Wildman–Crippen LogP) is 6.00. The molecule has 1 N–H and O–H groups in total. The van der Waals surface area contributed by atoms with Crippen molar-refractivity contribution in [2.45, 2.75) is 53.9 Å². The Bertz CT molecular complexity index is 782. The summed E-state index contributed by atoms with van der Waals surface area (Å²) in [6.07, 6.45) is 3.30. The van der Waals surface area contributed by atoms with Gasteiger partial charge in [0.05, 0.1) is 5.56 Å². The first-order valence-electron chi connectivity index (χ1n) is 10.1. The van der Waals surface area contributed by atoms with Crippen LogP contribution < -0.4 is 10.2 Å². The normalized spacial score (nSPS) is 16.7. The van der Waals surface area contributed by atoms with E-state index in [4.69, 9.17) is 0 Å². The quantitative estimate of drug-likeness (QED) is 0.686. The lowest BCUT2D eigenvalue weighted by molar-refractivity contribution is 0.102. The van der Waals surface area contributed by atoms with E-state index >= 15 is 0 Å². The Kier molecular flexibility index (Phi) is 5.95. The molecule has 1 heterocycles. The van der Waals surface area contributed by atoms with Crippen molar-refractivity contribution >= 4 is 28.6 Å². The molecule has 1 aliphatic carbocycles. The second-order valence-corrected chi connectivity index (χ2v) is 9.49. The maximum atomic E-state index is 12.8. The smallest absolute Gasteiger partial charge is 0.256 e. The number of hydrogen-bond donors (Lipinski definition) is 1. The van der Waals surface area contributed by atoms with Crippen LogP contribution in [0.15, 0.2) is 29.6 Å². The molecule has 1 aromatic heterocycles. The van der Waals surface area contributed by atoms with E-state index in [-0.39, 0.29) is 5.91 Å². The van der Waals surface area contributed by atoms with E-state index in [2.05, 4.69) is 62.3 Å². The highest BCUT2D eigenvalue weighted by molar-refractivity contribution is 7.10. The molecule has 1 amide bonds. The molecule has 3 nitrogen and oxygen atoms in total. The first-order chi connectivity index (χ1) is 12.8. The molecule has 0 aliphatic heterocycles. The summed E-state index contributed by atoms with van der Waals surface area (Å²) in [6, 6.07) is 8.17. The van der Waals surface area contributed by atoms with Gasteiger partial charge in [-0.2, -0.15) is 0 Å². The summed E-state index contributed by atoms with van der Waals surface area (Å²) in [7, 11) is 0. The molecule has 3 rings (SSSR count). The van der Waals surface area contributed by atoms with Crippen LogP contribution in [0, 0.1) is 11.3 Å². The average Bonchev–Trinajstić information content (AvgIpc) is 3.07. The number of carbonyl (C=O) groups is 1. The molecule has 0 bridgehead atoms. The lowest BCUT2D eigenvalue weighted by Crippen LogP contribution is -2.27. The highest BCUT2D eigenvalue weighted by Gasteiger charge is 2.31. The van der Waals surface area contributed by atoms with Gasteiger partial charge in [-0.1, -0.05) is 20.8 Å². The SMILES string of the molecule is CCN(CC)c1ccc(NC(=O)c2csc3c2CCC(C(C)(C)C)C3)cc1. The van der Waals surface area contributed by atoms with Crippen molar-refractivity contribution in [3.05, 3.63) is 45.6 Å². The number of anilines is 2. The van der Waals surface area contributed by atoms with Gasteiger partial charge in [-0.25, -0.2) is 0 Å². The summed E-state index contributed by atoms with van der Waals surface area (Å²) >= 11 is 1.76. The molecule has 4 heteroatoms. The van der Waals surface area contributed by atoms with Crippen molar-refractivity contribution in [1.29, 1.82) is 0 Å². The number of carbonyl (C=O) groups excluding carboxylic acids is 1. The van der Waals surface area contributed by atoms with Gasteiger partial charge in [0, 0.05) is 34.7 Å². The Labute approximate surface area is 167 Å². The van der Waals surface area contributed by atoms with Gasteiger partial charge < -0.3 is 10.2 Å². The van der Waals surface area contributed by atoms with E-state index in [0.717, 1.165) is 37.2 Å². The third kappa shape index (κ3) is 4.37. The maximum absolute atomic E-state index is 12.8. The fraction of sp³-hybridized carbons (Fsp3) is 0.522. The van der Waals surface area contributed by atoms with Gasteiger partial charge in [0.25, 0.3) is 5.91 Å². The van der Waals surface area contributed by atoms with E-state index < -0.39 is 0 Å². The number of amides is 1. The first kappa shape index (κ1) is 19.9. The molecule has 0 saturated carbocycles. The molecular formula is C23H32N2OS. The van der Waals surface area contributed by atoms with Crippen LogP contribution in [-0.2, 0) is 12.8 Å². The van der Waals surface area contributed by atoms with Crippen LogP contribution in [0.4, 0.5) is 11.4 Å². The second kappa shape index (κ2) is 8.05. The van der Waals surface area contributed by atoms with Crippen molar-refractivity contribution in [2.75, 3.05) is 23.3 Å². The number of nitrogens with zero attached hydrogens (tertiary/aromatic N) is 1. The highest BCUT2D eigenvalue weighted by Crippen LogP contribution is 2.40. The Balaban J connectivity index is 1.70. The number of fused-ring (bicyclic) bond motifs is 1. The summed E-state index contributed by atoms with van der Waals surface area (Å²) in [5.74, 6) is 0.726. The van der Waals surface area contributed by atoms with Crippen LogP contribution in [0.3, 0.4) is 0 Å². The zero-order valence-electron chi connectivity index (χ0n) is 17.3. The second-order valence-electron chi connectivity index (χ2n) is 8.53. The molecule has 0 saturated heterocycles. The standard InChI is InChI=1S/C23H32N2OS/c1-6-25(7-2)18-11-9-17(10-12-18)24-22(26)20-15-27-21-14-16(23(3,4)5)8-13-19(20)21/h9-12,15-16H,6-8,13-14H2,1-5H3,(H,24,26). The van der Waals surface area contributed by atoms with Gasteiger partial charge in [-0.15, -0.1) is 11.3 Å². The maximum Gasteiger partial charge on any atom is 0.256 e. The summed E-state index contributed by atoms with van der Waals surface area (Å²) in [5, 5.41) is 5.14. The molecular weight excluding hydrogens is 352 g/mol. The zero-order valence-corrected chi connectivity index (χ0v) is 18.1. The number of nitrogens with one attached hydrogen (secondary N) is 1. The Hall–Kier alpha value is -1.81. The van der Waals surface area contributed by atoms with Crippen LogP contribution in [0.2, 0.25) is 0 Å². The minimum atomic E-state index is 0.0253. The lowest BCUT2D eigenvalue weighted by Gasteiger charge is -2.34. The van der Waals surface area contributed by atoms with Gasteiger partial charge >= 0.3 is 0 Å². The molecule has 0 spiro atoms. The van der Waals surface area contributed by atoms with Gasteiger partial charge in [0.1, 0.15) is 0 Å². The molecule has 0 radical (unpaired) electrons. The Morgan fingerprint density at radius 3 is 2.44 bits per heavy atom. The fourth-order valence-corrected chi connectivity index (χ4v) is 5.15. The third-order valence-electron chi connectivity index (χ3n) is 5.88. The number of hydrogen-bond acceptors (Lipinski definition) is 3. The molecule has 27 heavy (non-hydrogen) atoms. The zero-order chi connectivity index (χ0) is 19.6. The molecule has 1 aromatic carbocycles. The fourth-order valence-electron chi connectivity index (χ4n) is 3.98. The Morgan fingerprint density at radius 2 is 1.85 bits per heavy atom. The molecule has 0 fully saturated rings. The monoisotopic (exact) mass is 384 g/mol. The van der Waals surface area contributed by atoms with Crippen LogP contribution >= 0.6 is 11.3 Å². The predicted molar refractivity (Wildman–Crippen MR) is 117 cm³/mol. The van der Waals surface area contributed by atoms with Gasteiger partial charge in [0.2, 0.25) is 0 Å². The van der Waals surface area contributed by atoms with Crippen molar-refractivity contribution < 1.29 is 4.79 Å². The van der Waals surface area contributed by atoms with Gasteiger partial charge in [-0.05, 0) is 74.3 Å². The molecule has 1 aliphatic rings. The Morgan fingerprint density at radius 1 is 1.19 bits per heavy atom. The number of benzene rings is 1. The molecule has 1 atom stereocenters. The van der Waals surface area contributed by atoms with E-state index in [1.54, 1.807) is 11.3 Å². The summed E-state index contributed by atoms with van der Waals surface area (Å²) in [6.45, 7) is 13.3. The van der Waals surface area contributed by atoms with Crippen molar-refractivity contribution in [3.8, 4) is 0 Å². The molecule has 1 unspecified atom stereocenters. The number of thiophene rings is 1. The van der Waals surface area contributed by atoms with Crippen molar-refractivity contribution in [2.24, 2.45) is 11.3 Å². The molecule has 2 aromatic rings. The van der Waals surface area contributed by atoms with Crippen molar-refractivity contribution in [1.82, 2.24) is 0 Å².